The molecule has 1 rings (SSSR count). The summed E-state index contributed by atoms with van der Waals surface area (Å²) in [6.07, 6.45) is 0. The Balaban J connectivity index is 2.83. The highest BCUT2D eigenvalue weighted by atomic mass is 35.5. The fraction of sp³-hybridized carbons (Fsp3) is 0.467. The summed E-state index contributed by atoms with van der Waals surface area (Å²) in [5, 5.41) is -0.410. The molecule has 0 radical (unpaired) electrons. The van der Waals surface area contributed by atoms with Crippen LogP contribution >= 0.6 is 11.6 Å². The highest BCUT2D eigenvalue weighted by molar-refractivity contribution is 7.91. The number of hydrogen-bond donors (Lipinski definition) is 0. The molecule has 116 valence electrons. The Hall–Kier alpha value is -1.38. The number of halogens is 1. The summed E-state index contributed by atoms with van der Waals surface area (Å²) in [7, 11) is -1.56. The van der Waals surface area contributed by atoms with Crippen molar-refractivity contribution in [3.8, 4) is 23.3 Å². The van der Waals surface area contributed by atoms with Crippen LogP contribution in [0.2, 0.25) is 0 Å². The van der Waals surface area contributed by atoms with Crippen molar-refractivity contribution in [1.29, 1.82) is 0 Å². The third-order valence-corrected chi connectivity index (χ3v) is 5.13. The molecule has 0 saturated carbocycles. The maximum Gasteiger partial charge on any atom is 0.155 e. The van der Waals surface area contributed by atoms with E-state index in [1.807, 2.05) is 0 Å². The summed E-state index contributed by atoms with van der Waals surface area (Å²) >= 11 is 5.55. The highest BCUT2D eigenvalue weighted by Crippen LogP contribution is 2.23. The first kappa shape index (κ1) is 17.7. The molecule has 0 aliphatic rings. The quantitative estimate of drug-likeness (QED) is 0.594. The van der Waals surface area contributed by atoms with Crippen molar-refractivity contribution in [2.45, 2.75) is 19.1 Å². The molecule has 0 aliphatic carbocycles. The minimum absolute atomic E-state index is 0.0287. The number of ether oxygens (including phenoxy) is 2. The van der Waals surface area contributed by atoms with E-state index in [1.54, 1.807) is 39.2 Å². The number of hydrogen-bond acceptors (Lipinski definition) is 4. The first-order chi connectivity index (χ1) is 9.90. The van der Waals surface area contributed by atoms with Crippen LogP contribution in [-0.2, 0) is 9.84 Å². The molecule has 0 spiro atoms. The van der Waals surface area contributed by atoms with Gasteiger partial charge in [0.15, 0.2) is 9.84 Å². The van der Waals surface area contributed by atoms with E-state index in [9.17, 15) is 8.42 Å². The third kappa shape index (κ3) is 5.49. The summed E-state index contributed by atoms with van der Waals surface area (Å²) < 4.78 is 34.1. The summed E-state index contributed by atoms with van der Waals surface area (Å²) in [5.41, 5.74) is 0.622. The van der Waals surface area contributed by atoms with Gasteiger partial charge in [0.25, 0.3) is 0 Å². The van der Waals surface area contributed by atoms with Crippen molar-refractivity contribution in [3.05, 3.63) is 23.8 Å². The zero-order valence-corrected chi connectivity index (χ0v) is 13.9. The van der Waals surface area contributed by atoms with E-state index in [4.69, 9.17) is 21.1 Å². The van der Waals surface area contributed by atoms with Gasteiger partial charge in [-0.05, 0) is 32.0 Å². The van der Waals surface area contributed by atoms with Gasteiger partial charge >= 0.3 is 0 Å². The predicted octanol–water partition coefficient (Wildman–Crippen LogP) is 2.49. The maximum absolute atomic E-state index is 11.7. The molecule has 0 atom stereocenters. The highest BCUT2D eigenvalue weighted by Gasteiger charge is 2.16. The normalized spacial score (nSPS) is 10.9. The van der Waals surface area contributed by atoms with Gasteiger partial charge in [-0.3, -0.25) is 0 Å². The van der Waals surface area contributed by atoms with Gasteiger partial charge in [0.2, 0.25) is 0 Å². The van der Waals surface area contributed by atoms with E-state index >= 15 is 0 Å². The van der Waals surface area contributed by atoms with Crippen LogP contribution in [0, 0.1) is 11.8 Å². The lowest BCUT2D eigenvalue weighted by atomic mass is 10.2. The summed E-state index contributed by atoms with van der Waals surface area (Å²) in [6, 6.07) is 5.17. The number of benzene rings is 1. The Morgan fingerprint density at radius 2 is 2.05 bits per heavy atom. The molecule has 0 unspecified atom stereocenters. The van der Waals surface area contributed by atoms with Gasteiger partial charge in [-0.1, -0.05) is 11.8 Å². The lowest BCUT2D eigenvalue weighted by molar-refractivity contribution is 0.338. The molecule has 0 aromatic heterocycles. The second kappa shape index (κ2) is 8.16. The topological polar surface area (TPSA) is 52.6 Å². The Kier molecular flexibility index (Phi) is 6.86. The van der Waals surface area contributed by atoms with Gasteiger partial charge in [0, 0.05) is 0 Å². The fourth-order valence-electron chi connectivity index (χ4n) is 1.49. The molecule has 1 aromatic rings. The summed E-state index contributed by atoms with van der Waals surface area (Å²) in [4.78, 5) is 0. The van der Waals surface area contributed by atoms with E-state index in [-0.39, 0.29) is 18.2 Å². The zero-order chi connectivity index (χ0) is 15.9. The molecule has 4 nitrogen and oxygen atoms in total. The van der Waals surface area contributed by atoms with E-state index in [2.05, 4.69) is 11.8 Å². The SMILES string of the molecule is COc1ccc(OCCS(=O)(=O)C(C)C)c(C#CCCl)c1. The van der Waals surface area contributed by atoms with Gasteiger partial charge in [-0.25, -0.2) is 8.42 Å². The third-order valence-electron chi connectivity index (χ3n) is 2.82. The van der Waals surface area contributed by atoms with Crippen LogP contribution in [0.4, 0.5) is 0 Å². The Morgan fingerprint density at radius 1 is 1.33 bits per heavy atom. The van der Waals surface area contributed by atoms with Crippen molar-refractivity contribution in [1.82, 2.24) is 0 Å². The van der Waals surface area contributed by atoms with Crippen LogP contribution in [0.3, 0.4) is 0 Å². The lowest BCUT2D eigenvalue weighted by Crippen LogP contribution is -2.22. The van der Waals surface area contributed by atoms with Crippen LogP contribution < -0.4 is 9.47 Å². The van der Waals surface area contributed by atoms with Crippen molar-refractivity contribution in [2.24, 2.45) is 0 Å². The van der Waals surface area contributed by atoms with Crippen molar-refractivity contribution in [2.75, 3.05) is 25.3 Å². The van der Waals surface area contributed by atoms with Crippen molar-refractivity contribution >= 4 is 21.4 Å². The number of alkyl halides is 1. The standard InChI is InChI=1S/C15H19ClO4S/c1-12(2)21(17,18)10-9-20-15-7-6-14(19-3)11-13(15)5-4-8-16/h6-7,11-12H,8-10H2,1-3H3. The minimum Gasteiger partial charge on any atom is -0.497 e. The number of rotatable bonds is 6. The van der Waals surface area contributed by atoms with Gasteiger partial charge in [0.05, 0.1) is 29.6 Å². The summed E-state index contributed by atoms with van der Waals surface area (Å²) in [6.45, 7) is 3.39. The van der Waals surface area contributed by atoms with Crippen molar-refractivity contribution < 1.29 is 17.9 Å². The molecule has 6 heteroatoms. The van der Waals surface area contributed by atoms with Crippen LogP contribution in [0.1, 0.15) is 19.4 Å². The van der Waals surface area contributed by atoms with E-state index in [0.717, 1.165) is 0 Å². The molecule has 0 amide bonds. The molecule has 0 saturated heterocycles. The average molecular weight is 331 g/mol. The molecular formula is C15H19ClO4S. The maximum atomic E-state index is 11.7. The molecular weight excluding hydrogens is 312 g/mol. The number of methoxy groups -OCH3 is 1. The van der Waals surface area contributed by atoms with Crippen LogP contribution in [0.25, 0.3) is 0 Å². The Labute approximate surface area is 131 Å². The van der Waals surface area contributed by atoms with E-state index in [1.165, 1.54) is 0 Å². The van der Waals surface area contributed by atoms with Crippen LogP contribution in [0.5, 0.6) is 11.5 Å². The van der Waals surface area contributed by atoms with Crippen LogP contribution in [-0.4, -0.2) is 39.0 Å². The van der Waals surface area contributed by atoms with Gasteiger partial charge in [0.1, 0.15) is 18.1 Å². The average Bonchev–Trinajstić information content (AvgIpc) is 2.45. The first-order valence-electron chi connectivity index (χ1n) is 6.48. The summed E-state index contributed by atoms with van der Waals surface area (Å²) in [5.74, 6) is 6.96. The molecule has 0 bridgehead atoms. The van der Waals surface area contributed by atoms with Gasteiger partial charge < -0.3 is 9.47 Å². The van der Waals surface area contributed by atoms with Gasteiger partial charge in [-0.15, -0.1) is 11.6 Å². The van der Waals surface area contributed by atoms with E-state index < -0.39 is 15.1 Å². The Morgan fingerprint density at radius 3 is 2.62 bits per heavy atom. The van der Waals surface area contributed by atoms with Crippen LogP contribution in [0.15, 0.2) is 18.2 Å². The monoisotopic (exact) mass is 330 g/mol. The number of sulfone groups is 1. The molecule has 0 aliphatic heterocycles. The molecule has 0 heterocycles. The van der Waals surface area contributed by atoms with E-state index in [0.29, 0.717) is 17.1 Å². The van der Waals surface area contributed by atoms with Crippen molar-refractivity contribution in [3.63, 3.8) is 0 Å². The Bertz CT molecular complexity index is 627. The molecule has 0 fully saturated rings. The smallest absolute Gasteiger partial charge is 0.155 e. The zero-order valence-electron chi connectivity index (χ0n) is 12.3. The lowest BCUT2D eigenvalue weighted by Gasteiger charge is -2.11. The first-order valence-corrected chi connectivity index (χ1v) is 8.73. The predicted molar refractivity (Wildman–Crippen MR) is 85.0 cm³/mol. The molecule has 21 heavy (non-hydrogen) atoms. The minimum atomic E-state index is -3.12. The second-order valence-electron chi connectivity index (χ2n) is 4.56. The molecule has 0 N–H and O–H groups in total. The fourth-order valence-corrected chi connectivity index (χ4v) is 2.35. The largest absolute Gasteiger partial charge is 0.497 e. The second-order valence-corrected chi connectivity index (χ2v) is 7.51. The molecule has 1 aromatic carbocycles. The van der Waals surface area contributed by atoms with Gasteiger partial charge in [-0.2, -0.15) is 0 Å².